The highest BCUT2D eigenvalue weighted by Gasteiger charge is 2.26. The molecular formula is C21H26ClN3O5S. The minimum absolute atomic E-state index is 0.112. The van der Waals surface area contributed by atoms with Gasteiger partial charge in [0.2, 0.25) is 0 Å². The summed E-state index contributed by atoms with van der Waals surface area (Å²) in [4.78, 5) is 24.5. The number of hydrogen-bond acceptors (Lipinski definition) is 5. The van der Waals surface area contributed by atoms with Crippen molar-refractivity contribution in [3.63, 3.8) is 0 Å². The highest BCUT2D eigenvalue weighted by Crippen LogP contribution is 2.26. The standard InChI is InChI=1S/C21H26ClN3O5S/c1-4-5-12-23-21(27)25-31(28,29)19-13-15(22)10-11-17(19)20(26)24-14(2)16-8-6-7-9-18(16)30-3/h6-11,13-14H,4-5,12H2,1-3H3,(H,24,26)(H2,23,25,27). The first kappa shape index (κ1) is 24.5. The Labute approximate surface area is 187 Å². The molecule has 0 bridgehead atoms. The fourth-order valence-corrected chi connectivity index (χ4v) is 4.27. The lowest BCUT2D eigenvalue weighted by Crippen LogP contribution is -2.40. The van der Waals surface area contributed by atoms with Crippen molar-refractivity contribution in [3.05, 3.63) is 58.6 Å². The fourth-order valence-electron chi connectivity index (χ4n) is 2.87. The lowest BCUT2D eigenvalue weighted by atomic mass is 10.1. The van der Waals surface area contributed by atoms with Crippen LogP contribution in [0.15, 0.2) is 47.4 Å². The van der Waals surface area contributed by atoms with Gasteiger partial charge in [-0.2, -0.15) is 0 Å². The van der Waals surface area contributed by atoms with Crippen LogP contribution in [0.3, 0.4) is 0 Å². The number of methoxy groups -OCH3 is 1. The van der Waals surface area contributed by atoms with E-state index < -0.39 is 32.9 Å². The fraction of sp³-hybridized carbons (Fsp3) is 0.333. The summed E-state index contributed by atoms with van der Waals surface area (Å²) >= 11 is 5.97. The average molecular weight is 468 g/mol. The molecule has 0 saturated heterocycles. The summed E-state index contributed by atoms with van der Waals surface area (Å²) in [5, 5.41) is 5.33. The zero-order valence-electron chi connectivity index (χ0n) is 17.6. The number of unbranched alkanes of at least 4 members (excludes halogenated alkanes) is 1. The number of hydrogen-bond donors (Lipinski definition) is 3. The summed E-state index contributed by atoms with van der Waals surface area (Å²) in [5.41, 5.74) is 0.588. The maximum Gasteiger partial charge on any atom is 0.328 e. The molecule has 168 valence electrons. The normalized spacial score (nSPS) is 12.0. The van der Waals surface area contributed by atoms with Crippen LogP contribution in [0.1, 0.15) is 48.7 Å². The number of para-hydroxylation sites is 1. The minimum atomic E-state index is -4.34. The molecule has 1 atom stereocenters. The van der Waals surface area contributed by atoms with Crippen LogP contribution in [0.4, 0.5) is 4.79 Å². The van der Waals surface area contributed by atoms with Crippen molar-refractivity contribution in [1.29, 1.82) is 0 Å². The summed E-state index contributed by atoms with van der Waals surface area (Å²) in [7, 11) is -2.82. The highest BCUT2D eigenvalue weighted by atomic mass is 35.5. The van der Waals surface area contributed by atoms with Crippen molar-refractivity contribution in [2.45, 2.75) is 37.6 Å². The maximum atomic E-state index is 12.9. The molecule has 3 amide bonds. The zero-order valence-corrected chi connectivity index (χ0v) is 19.1. The third kappa shape index (κ3) is 6.60. The first-order valence-corrected chi connectivity index (χ1v) is 11.6. The molecule has 0 fully saturated rings. The third-order valence-corrected chi connectivity index (χ3v) is 6.08. The number of carbonyl (C=O) groups is 2. The molecule has 2 rings (SSSR count). The molecule has 0 saturated carbocycles. The summed E-state index contributed by atoms with van der Waals surface area (Å²) in [6.45, 7) is 4.02. The third-order valence-electron chi connectivity index (χ3n) is 4.47. The minimum Gasteiger partial charge on any atom is -0.496 e. The Kier molecular flexibility index (Phi) is 8.70. The monoisotopic (exact) mass is 467 g/mol. The number of amides is 3. The number of sulfonamides is 1. The van der Waals surface area contributed by atoms with Crippen molar-refractivity contribution in [2.75, 3.05) is 13.7 Å². The van der Waals surface area contributed by atoms with E-state index in [1.165, 1.54) is 19.2 Å². The Morgan fingerprint density at radius 1 is 1.16 bits per heavy atom. The van der Waals surface area contributed by atoms with Gasteiger partial charge in [0.15, 0.2) is 0 Å². The van der Waals surface area contributed by atoms with E-state index in [1.54, 1.807) is 31.2 Å². The number of halogens is 1. The first-order chi connectivity index (χ1) is 14.7. The molecule has 0 aliphatic carbocycles. The van der Waals surface area contributed by atoms with Crippen LogP contribution < -0.4 is 20.1 Å². The number of nitrogens with one attached hydrogen (secondary N) is 3. The van der Waals surface area contributed by atoms with Gasteiger partial charge in [-0.05, 0) is 37.6 Å². The summed E-state index contributed by atoms with van der Waals surface area (Å²) in [6, 6.07) is 9.66. The van der Waals surface area contributed by atoms with Gasteiger partial charge in [0.05, 0.1) is 18.7 Å². The van der Waals surface area contributed by atoms with E-state index in [4.69, 9.17) is 16.3 Å². The molecule has 3 N–H and O–H groups in total. The van der Waals surface area contributed by atoms with E-state index in [2.05, 4.69) is 10.6 Å². The van der Waals surface area contributed by atoms with Gasteiger partial charge in [0, 0.05) is 17.1 Å². The number of urea groups is 1. The SMILES string of the molecule is CCCCNC(=O)NS(=O)(=O)c1cc(Cl)ccc1C(=O)NC(C)c1ccccc1OC. The van der Waals surface area contributed by atoms with Crippen LogP contribution in [0.25, 0.3) is 0 Å². The molecular weight excluding hydrogens is 442 g/mol. The zero-order chi connectivity index (χ0) is 23.0. The predicted octanol–water partition coefficient (Wildman–Crippen LogP) is 3.63. The van der Waals surface area contributed by atoms with Gasteiger partial charge in [-0.3, -0.25) is 4.79 Å². The molecule has 0 aliphatic rings. The molecule has 0 aromatic heterocycles. The van der Waals surface area contributed by atoms with Crippen molar-refractivity contribution in [1.82, 2.24) is 15.4 Å². The summed E-state index contributed by atoms with van der Waals surface area (Å²) in [6.07, 6.45) is 1.55. The summed E-state index contributed by atoms with van der Waals surface area (Å²) < 4.78 is 32.8. The molecule has 0 heterocycles. The summed E-state index contributed by atoms with van der Waals surface area (Å²) in [5.74, 6) is -0.0495. The largest absolute Gasteiger partial charge is 0.496 e. The van der Waals surface area contributed by atoms with E-state index in [-0.39, 0.29) is 10.6 Å². The van der Waals surface area contributed by atoms with Crippen LogP contribution in [0, 0.1) is 0 Å². The molecule has 2 aromatic carbocycles. The second-order valence-electron chi connectivity index (χ2n) is 6.79. The Morgan fingerprint density at radius 2 is 1.87 bits per heavy atom. The van der Waals surface area contributed by atoms with Gasteiger partial charge in [0.1, 0.15) is 10.6 Å². The Morgan fingerprint density at radius 3 is 2.55 bits per heavy atom. The molecule has 0 aliphatic heterocycles. The molecule has 1 unspecified atom stereocenters. The van der Waals surface area contributed by atoms with Gasteiger partial charge in [-0.25, -0.2) is 17.9 Å². The highest BCUT2D eigenvalue weighted by molar-refractivity contribution is 7.90. The van der Waals surface area contributed by atoms with Crippen LogP contribution >= 0.6 is 11.6 Å². The molecule has 0 spiro atoms. The van der Waals surface area contributed by atoms with E-state index in [1.807, 2.05) is 11.6 Å². The predicted molar refractivity (Wildman–Crippen MR) is 119 cm³/mol. The Hall–Kier alpha value is -2.78. The van der Waals surface area contributed by atoms with Crippen molar-refractivity contribution >= 4 is 33.6 Å². The number of carbonyl (C=O) groups excluding carboxylic acids is 2. The maximum absolute atomic E-state index is 12.9. The second kappa shape index (κ2) is 11.0. The van der Waals surface area contributed by atoms with Gasteiger partial charge in [0.25, 0.3) is 15.9 Å². The van der Waals surface area contributed by atoms with Gasteiger partial charge < -0.3 is 15.4 Å². The molecule has 0 radical (unpaired) electrons. The topological polar surface area (TPSA) is 114 Å². The second-order valence-corrected chi connectivity index (χ2v) is 8.88. The lowest BCUT2D eigenvalue weighted by molar-refractivity contribution is 0.0936. The smallest absolute Gasteiger partial charge is 0.328 e. The Balaban J connectivity index is 2.27. The molecule has 8 nitrogen and oxygen atoms in total. The van der Waals surface area contributed by atoms with Gasteiger partial charge >= 0.3 is 6.03 Å². The van der Waals surface area contributed by atoms with Crippen LogP contribution in [-0.4, -0.2) is 34.0 Å². The quantitative estimate of drug-likeness (QED) is 0.487. The average Bonchev–Trinajstić information content (AvgIpc) is 2.73. The van der Waals surface area contributed by atoms with E-state index in [0.29, 0.717) is 18.7 Å². The van der Waals surface area contributed by atoms with E-state index >= 15 is 0 Å². The molecule has 2 aromatic rings. The first-order valence-electron chi connectivity index (χ1n) is 9.73. The van der Waals surface area contributed by atoms with Gasteiger partial charge in [-0.15, -0.1) is 0 Å². The van der Waals surface area contributed by atoms with Crippen molar-refractivity contribution in [3.8, 4) is 5.75 Å². The van der Waals surface area contributed by atoms with Crippen LogP contribution in [-0.2, 0) is 10.0 Å². The lowest BCUT2D eigenvalue weighted by Gasteiger charge is -2.18. The van der Waals surface area contributed by atoms with Crippen LogP contribution in [0.2, 0.25) is 5.02 Å². The van der Waals surface area contributed by atoms with Crippen LogP contribution in [0.5, 0.6) is 5.75 Å². The molecule has 10 heteroatoms. The number of benzene rings is 2. The van der Waals surface area contributed by atoms with E-state index in [9.17, 15) is 18.0 Å². The van der Waals surface area contributed by atoms with Gasteiger partial charge in [-0.1, -0.05) is 43.1 Å². The van der Waals surface area contributed by atoms with Crippen molar-refractivity contribution < 1.29 is 22.7 Å². The molecule has 31 heavy (non-hydrogen) atoms. The Bertz CT molecular complexity index is 1040. The number of rotatable bonds is 9. The number of ether oxygens (including phenoxy) is 1. The van der Waals surface area contributed by atoms with Crippen molar-refractivity contribution in [2.24, 2.45) is 0 Å². The van der Waals surface area contributed by atoms with E-state index in [0.717, 1.165) is 18.1 Å².